The molecule has 0 atom stereocenters. The second kappa shape index (κ2) is 4.97. The Kier molecular flexibility index (Phi) is 4.18. The number of rotatable bonds is 2. The Morgan fingerprint density at radius 1 is 1.17 bits per heavy atom. The number of nitrogens with zero attached hydrogens (tertiary/aromatic N) is 1. The zero-order chi connectivity index (χ0) is 14.1. The summed E-state index contributed by atoms with van der Waals surface area (Å²) < 4.78 is 81.0. The summed E-state index contributed by atoms with van der Waals surface area (Å²) in [4.78, 5) is 3.35. The SMILES string of the molecule is COc1cc(OC(F)(F)F)c(C(F)(F)F)c(I)n1. The molecule has 1 heterocycles. The van der Waals surface area contributed by atoms with Crippen LogP contribution in [-0.2, 0) is 6.18 Å². The maximum absolute atomic E-state index is 12.6. The first-order valence-corrected chi connectivity index (χ1v) is 5.20. The van der Waals surface area contributed by atoms with Crippen molar-refractivity contribution in [2.24, 2.45) is 0 Å². The number of halogens is 7. The lowest BCUT2D eigenvalue weighted by molar-refractivity contribution is -0.276. The summed E-state index contributed by atoms with van der Waals surface area (Å²) in [6, 6.07) is 0.429. The first kappa shape index (κ1) is 15.1. The van der Waals surface area contributed by atoms with Gasteiger partial charge in [0.2, 0.25) is 5.88 Å². The van der Waals surface area contributed by atoms with Crippen molar-refractivity contribution < 1.29 is 35.8 Å². The number of hydrogen-bond donors (Lipinski definition) is 0. The van der Waals surface area contributed by atoms with Gasteiger partial charge < -0.3 is 9.47 Å². The molecule has 0 unspecified atom stereocenters. The van der Waals surface area contributed by atoms with Gasteiger partial charge in [-0.15, -0.1) is 13.2 Å². The van der Waals surface area contributed by atoms with Gasteiger partial charge in [0, 0.05) is 6.07 Å². The monoisotopic (exact) mass is 387 g/mol. The molecule has 0 saturated carbocycles. The van der Waals surface area contributed by atoms with Crippen LogP contribution in [0.5, 0.6) is 11.6 Å². The molecule has 0 aliphatic heterocycles. The topological polar surface area (TPSA) is 31.4 Å². The largest absolute Gasteiger partial charge is 0.573 e. The predicted molar refractivity (Wildman–Crippen MR) is 55.2 cm³/mol. The number of pyridine rings is 1. The van der Waals surface area contributed by atoms with Crippen molar-refractivity contribution in [2.75, 3.05) is 7.11 Å². The number of ether oxygens (including phenoxy) is 2. The molecule has 1 aromatic rings. The number of aromatic nitrogens is 1. The van der Waals surface area contributed by atoms with E-state index in [-0.39, 0.29) is 0 Å². The van der Waals surface area contributed by atoms with Gasteiger partial charge in [-0.2, -0.15) is 13.2 Å². The molecule has 0 aromatic carbocycles. The summed E-state index contributed by atoms with van der Waals surface area (Å²) in [5, 5.41) is 0. The van der Waals surface area contributed by atoms with E-state index in [1.807, 2.05) is 0 Å². The minimum absolute atomic E-state index is 0.411. The molecule has 102 valence electrons. The maximum Gasteiger partial charge on any atom is 0.573 e. The third-order valence-corrected chi connectivity index (χ3v) is 2.41. The first-order valence-electron chi connectivity index (χ1n) is 4.12. The summed E-state index contributed by atoms with van der Waals surface area (Å²) in [6.07, 6.45) is -10.3. The highest BCUT2D eigenvalue weighted by Crippen LogP contribution is 2.41. The maximum atomic E-state index is 12.6. The number of hydrogen-bond acceptors (Lipinski definition) is 3. The van der Waals surface area contributed by atoms with E-state index in [2.05, 4.69) is 14.5 Å². The molecule has 3 nitrogen and oxygen atoms in total. The van der Waals surface area contributed by atoms with Crippen LogP contribution in [0.2, 0.25) is 0 Å². The van der Waals surface area contributed by atoms with E-state index in [1.165, 1.54) is 0 Å². The normalized spacial score (nSPS) is 12.4. The molecular formula is C8H4F6INO2. The van der Waals surface area contributed by atoms with Crippen molar-refractivity contribution in [3.63, 3.8) is 0 Å². The van der Waals surface area contributed by atoms with Gasteiger partial charge in [0.1, 0.15) is 15.0 Å². The number of methoxy groups -OCH3 is 1. The van der Waals surface area contributed by atoms with Gasteiger partial charge in [-0.1, -0.05) is 0 Å². The second-order valence-corrected chi connectivity index (χ2v) is 3.90. The van der Waals surface area contributed by atoms with Crippen LogP contribution in [0.25, 0.3) is 0 Å². The van der Waals surface area contributed by atoms with Gasteiger partial charge in [-0.3, -0.25) is 0 Å². The highest BCUT2D eigenvalue weighted by Gasteiger charge is 2.42. The van der Waals surface area contributed by atoms with Gasteiger partial charge in [-0.25, -0.2) is 4.98 Å². The van der Waals surface area contributed by atoms with Crippen LogP contribution in [-0.4, -0.2) is 18.5 Å². The zero-order valence-corrected chi connectivity index (χ0v) is 10.6. The van der Waals surface area contributed by atoms with Crippen LogP contribution in [0.4, 0.5) is 26.3 Å². The Bertz CT molecular complexity index is 444. The second-order valence-electron chi connectivity index (χ2n) is 2.87. The molecular weight excluding hydrogens is 383 g/mol. The predicted octanol–water partition coefficient (Wildman–Crippen LogP) is 3.61. The Labute approximate surface area is 110 Å². The van der Waals surface area contributed by atoms with Crippen molar-refractivity contribution in [3.8, 4) is 11.6 Å². The quantitative estimate of drug-likeness (QED) is 0.442. The minimum Gasteiger partial charge on any atom is -0.481 e. The lowest BCUT2D eigenvalue weighted by atomic mass is 10.2. The van der Waals surface area contributed by atoms with Crippen LogP contribution in [0.15, 0.2) is 6.07 Å². The summed E-state index contributed by atoms with van der Waals surface area (Å²) in [5.74, 6) is -1.81. The standard InChI is InChI=1S/C8H4F6INO2/c1-17-4-2-3(18-8(12,13)14)5(6(15)16-4)7(9,10)11/h2H,1H3. The minimum atomic E-state index is -5.24. The fourth-order valence-corrected chi connectivity index (χ4v) is 1.85. The third kappa shape index (κ3) is 3.78. The first-order chi connectivity index (χ1) is 8.04. The number of alkyl halides is 6. The van der Waals surface area contributed by atoms with Crippen molar-refractivity contribution in [1.82, 2.24) is 4.98 Å². The molecule has 0 aliphatic carbocycles. The molecule has 0 amide bonds. The van der Waals surface area contributed by atoms with E-state index < -0.39 is 33.4 Å². The molecule has 0 radical (unpaired) electrons. The highest BCUT2D eigenvalue weighted by molar-refractivity contribution is 14.1. The summed E-state index contributed by atoms with van der Waals surface area (Å²) in [6.45, 7) is 0. The van der Waals surface area contributed by atoms with E-state index >= 15 is 0 Å². The Morgan fingerprint density at radius 3 is 2.11 bits per heavy atom. The summed E-state index contributed by atoms with van der Waals surface area (Å²) in [5.41, 5.74) is -1.60. The molecule has 0 N–H and O–H groups in total. The summed E-state index contributed by atoms with van der Waals surface area (Å²) in [7, 11) is 1.06. The van der Waals surface area contributed by atoms with Gasteiger partial charge in [0.05, 0.1) is 7.11 Å². The van der Waals surface area contributed by atoms with Crippen LogP contribution >= 0.6 is 22.6 Å². The molecule has 1 aromatic heterocycles. The van der Waals surface area contributed by atoms with Crippen molar-refractivity contribution in [1.29, 1.82) is 0 Å². The van der Waals surface area contributed by atoms with Crippen molar-refractivity contribution in [3.05, 3.63) is 15.3 Å². The Morgan fingerprint density at radius 2 is 1.72 bits per heavy atom. The molecule has 0 aliphatic rings. The van der Waals surface area contributed by atoms with Gasteiger partial charge in [0.25, 0.3) is 0 Å². The van der Waals surface area contributed by atoms with Crippen LogP contribution in [0.3, 0.4) is 0 Å². The third-order valence-electron chi connectivity index (χ3n) is 1.63. The Hall–Kier alpha value is -0.940. The average molecular weight is 387 g/mol. The molecule has 0 saturated heterocycles. The molecule has 0 spiro atoms. The average Bonchev–Trinajstić information content (AvgIpc) is 2.11. The van der Waals surface area contributed by atoms with Gasteiger partial charge in [0.15, 0.2) is 0 Å². The molecule has 0 bridgehead atoms. The smallest absolute Gasteiger partial charge is 0.481 e. The van der Waals surface area contributed by atoms with Crippen LogP contribution < -0.4 is 9.47 Å². The highest BCUT2D eigenvalue weighted by atomic mass is 127. The lowest BCUT2D eigenvalue weighted by Gasteiger charge is -2.16. The molecule has 0 fully saturated rings. The fraction of sp³-hybridized carbons (Fsp3) is 0.375. The van der Waals surface area contributed by atoms with E-state index in [9.17, 15) is 26.3 Å². The van der Waals surface area contributed by atoms with Crippen molar-refractivity contribution in [2.45, 2.75) is 12.5 Å². The van der Waals surface area contributed by atoms with E-state index in [1.54, 1.807) is 0 Å². The zero-order valence-electron chi connectivity index (χ0n) is 8.49. The summed E-state index contributed by atoms with van der Waals surface area (Å²) >= 11 is 1.15. The van der Waals surface area contributed by atoms with Crippen LogP contribution in [0, 0.1) is 3.70 Å². The van der Waals surface area contributed by atoms with Crippen LogP contribution in [0.1, 0.15) is 5.56 Å². The molecule has 1 rings (SSSR count). The van der Waals surface area contributed by atoms with E-state index in [4.69, 9.17) is 0 Å². The van der Waals surface area contributed by atoms with Gasteiger partial charge >= 0.3 is 12.5 Å². The molecule has 10 heteroatoms. The lowest BCUT2D eigenvalue weighted by Crippen LogP contribution is -2.21. The van der Waals surface area contributed by atoms with E-state index in [0.717, 1.165) is 29.7 Å². The molecule has 18 heavy (non-hydrogen) atoms. The van der Waals surface area contributed by atoms with Crippen molar-refractivity contribution >= 4 is 22.6 Å². The fourth-order valence-electron chi connectivity index (χ4n) is 1.04. The Balaban J connectivity index is 3.39. The van der Waals surface area contributed by atoms with Gasteiger partial charge in [-0.05, 0) is 22.6 Å². The van der Waals surface area contributed by atoms with E-state index in [0.29, 0.717) is 6.07 Å².